The molecule has 4 aromatic carbocycles. The molecule has 3 saturated carbocycles. The molecule has 8 bridgehead atoms. The first-order valence-electron chi connectivity index (χ1n) is 32.1. The molecule has 9 heteroatoms. The number of allylic oxidation sites excluding steroid dienone is 1. The van der Waals surface area contributed by atoms with E-state index in [0.29, 0.717) is 12.0 Å². The van der Waals surface area contributed by atoms with Gasteiger partial charge in [0.2, 0.25) is 5.91 Å². The lowest BCUT2D eigenvalue weighted by molar-refractivity contribution is -0.120. The van der Waals surface area contributed by atoms with Crippen LogP contribution in [0.15, 0.2) is 151 Å². The van der Waals surface area contributed by atoms with E-state index in [-0.39, 0.29) is 30.4 Å². The summed E-state index contributed by atoms with van der Waals surface area (Å²) in [4.78, 5) is 45.3. The second kappa shape index (κ2) is 24.0. The van der Waals surface area contributed by atoms with Crippen LogP contribution in [0, 0.1) is 52.3 Å². The fourth-order valence-electron chi connectivity index (χ4n) is 16.6. The van der Waals surface area contributed by atoms with Crippen molar-refractivity contribution in [1.82, 2.24) is 30.6 Å². The highest BCUT2D eigenvalue weighted by Gasteiger charge is 2.59. The lowest BCUT2D eigenvalue weighted by atomic mass is 9.47. The minimum Gasteiger partial charge on any atom is -0.446 e. The fraction of sp³-hybridized carbons (Fsp3) is 0.377. The molecule has 3 aromatic heterocycles. The van der Waals surface area contributed by atoms with Crippen LogP contribution in [-0.4, -0.2) is 51.1 Å². The van der Waals surface area contributed by atoms with Crippen molar-refractivity contribution in [1.29, 1.82) is 0 Å². The molecule has 9 atom stereocenters. The number of rotatable bonds is 15. The van der Waals surface area contributed by atoms with E-state index < -0.39 is 6.09 Å². The molecule has 440 valence electrons. The standard InChI is InChI=1S/C77H84N6O3/c1-48(2)49(3)22-23-50(4)59-30-31-60-58-29-28-56-47-57(40-42-76(56,5)61(58)41-43-77(59,60)6)86-75(85)79-45-44-78-70(84)46-51-24-26-55(27-25-51)74-68-38-36-66(82-68)72(53-18-12-8-13-19-53)64-34-32-62(80-64)71(52-16-10-7-11-17-52)63-33-35-65(81-63)73(54-20-14-9-15-21-54)67-37-39-69(74)83-67/h7-21,24-28,32-39,48-50,57-61,80,83H,22-23,29-31,40-47H2,1-6H3,(H,78,84)(H,79,85)/t49-,50+,57-,58-,59+,60-,61-,76-,77+/m0/s1. The van der Waals surface area contributed by atoms with E-state index in [1.165, 1.54) is 50.5 Å². The molecule has 0 saturated heterocycles. The summed E-state index contributed by atoms with van der Waals surface area (Å²) < 4.78 is 6.10. The number of H-pyrrole nitrogens is 2. The fourth-order valence-corrected chi connectivity index (χ4v) is 16.6. The summed E-state index contributed by atoms with van der Waals surface area (Å²) in [5.41, 5.74) is 18.2. The lowest BCUT2D eigenvalue weighted by Gasteiger charge is -2.58. The zero-order valence-electron chi connectivity index (χ0n) is 51.1. The number of ether oxygens (including phenoxy) is 1. The Balaban J connectivity index is 0.694. The van der Waals surface area contributed by atoms with Crippen LogP contribution in [0.3, 0.4) is 0 Å². The maximum atomic E-state index is 13.5. The monoisotopic (exact) mass is 1140 g/mol. The van der Waals surface area contributed by atoms with E-state index >= 15 is 0 Å². The van der Waals surface area contributed by atoms with E-state index in [0.717, 1.165) is 156 Å². The molecule has 0 spiro atoms. The van der Waals surface area contributed by atoms with Crippen LogP contribution in [0.1, 0.15) is 134 Å². The number of amides is 2. The van der Waals surface area contributed by atoms with Gasteiger partial charge in [0, 0.05) is 63.8 Å². The minimum atomic E-state index is -0.406. The van der Waals surface area contributed by atoms with Gasteiger partial charge in [-0.3, -0.25) is 4.79 Å². The van der Waals surface area contributed by atoms with Crippen molar-refractivity contribution in [2.75, 3.05) is 13.1 Å². The number of nitrogens with one attached hydrogen (secondary N) is 4. The number of fused-ring (bicyclic) bond motifs is 13. The minimum absolute atomic E-state index is 0.115. The van der Waals surface area contributed by atoms with Gasteiger partial charge in [-0.25, -0.2) is 14.8 Å². The third kappa shape index (κ3) is 11.1. The predicted molar refractivity (Wildman–Crippen MR) is 353 cm³/mol. The summed E-state index contributed by atoms with van der Waals surface area (Å²) in [5.74, 6) is 5.40. The predicted octanol–water partition coefficient (Wildman–Crippen LogP) is 18.4. The maximum absolute atomic E-state index is 13.5. The van der Waals surface area contributed by atoms with E-state index in [1.807, 2.05) is 30.3 Å². The number of hydrogen-bond acceptors (Lipinski definition) is 5. The summed E-state index contributed by atoms with van der Waals surface area (Å²) in [6.45, 7) is 15.6. The van der Waals surface area contributed by atoms with Gasteiger partial charge in [-0.2, -0.15) is 0 Å². The van der Waals surface area contributed by atoms with Gasteiger partial charge in [0.15, 0.2) is 0 Å². The number of aromatic amines is 2. The van der Waals surface area contributed by atoms with Crippen molar-refractivity contribution >= 4 is 58.4 Å². The summed E-state index contributed by atoms with van der Waals surface area (Å²) in [7, 11) is 0. The van der Waals surface area contributed by atoms with Crippen LogP contribution in [0.4, 0.5) is 4.79 Å². The molecule has 2 amide bonds. The molecule has 9 nitrogen and oxygen atoms in total. The Hall–Kier alpha value is -8.04. The second-order valence-electron chi connectivity index (χ2n) is 26.8. The Morgan fingerprint density at radius 2 is 1.07 bits per heavy atom. The average Bonchev–Trinajstić information content (AvgIpc) is 1.63. The lowest BCUT2D eigenvalue weighted by Crippen LogP contribution is -2.51. The van der Waals surface area contributed by atoms with Gasteiger partial charge in [-0.05, 0) is 174 Å². The summed E-state index contributed by atoms with van der Waals surface area (Å²) in [6, 6.07) is 48.1. The molecule has 0 unspecified atom stereocenters. The quantitative estimate of drug-likeness (QED) is 0.0601. The highest BCUT2D eigenvalue weighted by atomic mass is 16.6. The van der Waals surface area contributed by atoms with Gasteiger partial charge >= 0.3 is 6.09 Å². The molecular formula is C77H84N6O3. The number of carbonyl (C=O) groups excluding carboxylic acids is 2. The molecule has 4 N–H and O–H groups in total. The van der Waals surface area contributed by atoms with Gasteiger partial charge in [-0.15, -0.1) is 0 Å². The number of alkyl carbamates (subject to hydrolysis) is 1. The average molecular weight is 1140 g/mol. The van der Waals surface area contributed by atoms with Crippen molar-refractivity contribution in [3.8, 4) is 44.5 Å². The van der Waals surface area contributed by atoms with E-state index in [4.69, 9.17) is 14.7 Å². The number of benzene rings is 4. The van der Waals surface area contributed by atoms with Gasteiger partial charge in [0.1, 0.15) is 6.10 Å². The number of nitrogens with zero attached hydrogens (tertiary/aromatic N) is 2. The van der Waals surface area contributed by atoms with Crippen LogP contribution < -0.4 is 10.6 Å². The number of carbonyl (C=O) groups is 2. The smallest absolute Gasteiger partial charge is 0.407 e. The van der Waals surface area contributed by atoms with Crippen molar-refractivity contribution in [3.63, 3.8) is 0 Å². The largest absolute Gasteiger partial charge is 0.446 e. The molecule has 3 fully saturated rings. The molecular weight excluding hydrogens is 1060 g/mol. The van der Waals surface area contributed by atoms with E-state index in [1.54, 1.807) is 0 Å². The SMILES string of the molecule is CC(C)[C@@H](C)CC[C@@H](C)[C@H]1CC[C@H]2[C@@H]3CC=C4C[C@@H](OC(=O)NCCNC(=O)Cc5ccc(-c6c7nc(c(-c8ccccc8)c8ccc([nH]8)c(-c8ccccc8)c8nc(c(-c9ccccc9)c9ccc6[nH]9)C=C8)C=C7)cc5)CC[C@]4(C)[C@H]3CC[C@]12C. The Labute approximate surface area is 508 Å². The normalized spacial score (nSPS) is 23.6. The molecule has 13 rings (SSSR count). The highest BCUT2D eigenvalue weighted by molar-refractivity contribution is 6.00. The second-order valence-corrected chi connectivity index (χ2v) is 26.8. The van der Waals surface area contributed by atoms with Crippen LogP contribution in [0.25, 0.3) is 90.9 Å². The Morgan fingerprint density at radius 1 is 0.570 bits per heavy atom. The summed E-state index contributed by atoms with van der Waals surface area (Å²) >= 11 is 0. The molecule has 0 radical (unpaired) electrons. The number of hydrogen-bond donors (Lipinski definition) is 4. The molecule has 6 aliphatic rings. The van der Waals surface area contributed by atoms with Crippen LogP contribution in [0.5, 0.6) is 0 Å². The van der Waals surface area contributed by atoms with Crippen molar-refractivity contribution in [3.05, 3.63) is 180 Å². The number of aromatic nitrogens is 4. The summed E-state index contributed by atoms with van der Waals surface area (Å²) in [6.07, 6.45) is 22.9. The van der Waals surface area contributed by atoms with Crippen molar-refractivity contribution in [2.45, 2.75) is 118 Å². The maximum Gasteiger partial charge on any atom is 0.407 e. The summed E-state index contributed by atoms with van der Waals surface area (Å²) in [5, 5.41) is 5.97. The Morgan fingerprint density at radius 3 is 1.58 bits per heavy atom. The van der Waals surface area contributed by atoms with Crippen molar-refractivity contribution in [2.24, 2.45) is 52.3 Å². The van der Waals surface area contributed by atoms with Gasteiger partial charge in [0.05, 0.1) is 29.2 Å². The Bertz CT molecular complexity index is 3870. The molecule has 7 aromatic rings. The van der Waals surface area contributed by atoms with Gasteiger partial charge in [0.25, 0.3) is 0 Å². The van der Waals surface area contributed by atoms with Crippen molar-refractivity contribution < 1.29 is 14.3 Å². The molecule has 5 heterocycles. The first-order valence-corrected chi connectivity index (χ1v) is 32.1. The molecule has 4 aliphatic carbocycles. The van der Waals surface area contributed by atoms with Crippen LogP contribution in [0.2, 0.25) is 0 Å². The zero-order chi connectivity index (χ0) is 59.1. The molecule has 2 aliphatic heterocycles. The van der Waals surface area contributed by atoms with Crippen LogP contribution >= 0.6 is 0 Å². The first kappa shape index (κ1) is 57.1. The van der Waals surface area contributed by atoms with Gasteiger partial charge in [-0.1, -0.05) is 181 Å². The van der Waals surface area contributed by atoms with Crippen LogP contribution in [-0.2, 0) is 16.0 Å². The molecule has 86 heavy (non-hydrogen) atoms. The zero-order valence-corrected chi connectivity index (χ0v) is 51.1. The Kier molecular flexibility index (Phi) is 15.9. The van der Waals surface area contributed by atoms with E-state index in [2.05, 4.69) is 202 Å². The van der Waals surface area contributed by atoms with E-state index in [9.17, 15) is 9.59 Å². The first-order chi connectivity index (χ1) is 41.8. The topological polar surface area (TPSA) is 125 Å². The third-order valence-electron chi connectivity index (χ3n) is 21.6. The highest BCUT2D eigenvalue weighted by Crippen LogP contribution is 2.67. The third-order valence-corrected chi connectivity index (χ3v) is 21.6. The van der Waals surface area contributed by atoms with Gasteiger partial charge < -0.3 is 25.3 Å².